The molecule has 3 N–H and O–H groups in total. The maximum absolute atomic E-state index is 13.2. The van der Waals surface area contributed by atoms with Crippen molar-refractivity contribution in [3.8, 4) is 5.75 Å². The number of hydrogen-bond donors (Lipinski definition) is 3. The number of guanidine groups is 1. The fourth-order valence-corrected chi connectivity index (χ4v) is 2.31. The first-order valence-corrected chi connectivity index (χ1v) is 8.21. The van der Waals surface area contributed by atoms with Crippen LogP contribution in [0.5, 0.6) is 5.75 Å². The standard InChI is InChI=1S/C19H24FN3O2.HI/c1-3-21-19(22-12-14-6-4-8-16(20)10-14)23-13-18(24)15-7-5-9-17(11-15)25-2;/h4-11,18,24H,3,12-13H2,1-2H3,(H2,21,22,23);1H. The van der Waals surface area contributed by atoms with Crippen molar-refractivity contribution in [3.05, 3.63) is 65.5 Å². The third kappa shape index (κ3) is 7.17. The Morgan fingerprint density at radius 2 is 1.96 bits per heavy atom. The zero-order valence-electron chi connectivity index (χ0n) is 14.9. The van der Waals surface area contributed by atoms with Gasteiger partial charge in [0, 0.05) is 13.1 Å². The first-order chi connectivity index (χ1) is 12.1. The van der Waals surface area contributed by atoms with Gasteiger partial charge >= 0.3 is 0 Å². The topological polar surface area (TPSA) is 65.9 Å². The number of aliphatic hydroxyl groups excluding tert-OH is 1. The summed E-state index contributed by atoms with van der Waals surface area (Å²) in [7, 11) is 1.59. The molecule has 0 aliphatic carbocycles. The summed E-state index contributed by atoms with van der Waals surface area (Å²) in [5, 5.41) is 16.5. The summed E-state index contributed by atoms with van der Waals surface area (Å²) in [6, 6.07) is 13.6. The van der Waals surface area contributed by atoms with Crippen LogP contribution in [-0.4, -0.2) is 31.3 Å². The quantitative estimate of drug-likeness (QED) is 0.328. The SMILES string of the molecule is CCNC(=NCc1cccc(F)c1)NCC(O)c1cccc(OC)c1.I. The first kappa shape index (κ1) is 22.2. The molecule has 2 rings (SSSR count). The molecule has 0 aliphatic heterocycles. The molecule has 26 heavy (non-hydrogen) atoms. The van der Waals surface area contributed by atoms with Crippen LogP contribution in [0.1, 0.15) is 24.2 Å². The molecule has 0 spiro atoms. The van der Waals surface area contributed by atoms with E-state index in [1.807, 2.05) is 31.2 Å². The van der Waals surface area contributed by atoms with Gasteiger partial charge in [-0.2, -0.15) is 0 Å². The van der Waals surface area contributed by atoms with Gasteiger partial charge in [0.25, 0.3) is 0 Å². The van der Waals surface area contributed by atoms with Crippen molar-refractivity contribution in [1.29, 1.82) is 0 Å². The number of nitrogens with one attached hydrogen (secondary N) is 2. The van der Waals surface area contributed by atoms with Crippen LogP contribution in [0.2, 0.25) is 0 Å². The number of hydrogen-bond acceptors (Lipinski definition) is 3. The van der Waals surface area contributed by atoms with Crippen LogP contribution in [0.4, 0.5) is 4.39 Å². The third-order valence-electron chi connectivity index (χ3n) is 3.59. The summed E-state index contributed by atoms with van der Waals surface area (Å²) in [5.74, 6) is 0.982. The molecular formula is C19H25FIN3O2. The maximum Gasteiger partial charge on any atom is 0.191 e. The van der Waals surface area contributed by atoms with Crippen molar-refractivity contribution in [1.82, 2.24) is 10.6 Å². The number of aliphatic imine (C=N–C) groups is 1. The molecule has 0 amide bonds. The van der Waals surface area contributed by atoms with Crippen LogP contribution >= 0.6 is 24.0 Å². The molecule has 7 heteroatoms. The Bertz CT molecular complexity index is 713. The minimum atomic E-state index is -0.701. The van der Waals surface area contributed by atoms with Crippen LogP contribution in [0.3, 0.4) is 0 Å². The van der Waals surface area contributed by atoms with Gasteiger partial charge < -0.3 is 20.5 Å². The predicted octanol–water partition coefficient (Wildman–Crippen LogP) is 3.24. The lowest BCUT2D eigenvalue weighted by molar-refractivity contribution is 0.180. The smallest absolute Gasteiger partial charge is 0.191 e. The van der Waals surface area contributed by atoms with E-state index in [0.717, 1.165) is 11.1 Å². The number of benzene rings is 2. The van der Waals surface area contributed by atoms with E-state index >= 15 is 0 Å². The van der Waals surface area contributed by atoms with Crippen molar-refractivity contribution >= 4 is 29.9 Å². The third-order valence-corrected chi connectivity index (χ3v) is 3.59. The lowest BCUT2D eigenvalue weighted by Crippen LogP contribution is -2.39. The van der Waals surface area contributed by atoms with E-state index in [1.165, 1.54) is 12.1 Å². The van der Waals surface area contributed by atoms with Gasteiger partial charge in [0.15, 0.2) is 5.96 Å². The van der Waals surface area contributed by atoms with Gasteiger partial charge in [-0.3, -0.25) is 0 Å². The Kier molecular flexibility index (Phi) is 9.97. The molecule has 5 nitrogen and oxygen atoms in total. The Balaban J connectivity index is 0.00000338. The minimum Gasteiger partial charge on any atom is -0.497 e. The lowest BCUT2D eigenvalue weighted by atomic mass is 10.1. The molecule has 0 radical (unpaired) electrons. The number of methoxy groups -OCH3 is 1. The van der Waals surface area contributed by atoms with E-state index in [0.29, 0.717) is 31.3 Å². The Morgan fingerprint density at radius 1 is 1.19 bits per heavy atom. The van der Waals surface area contributed by atoms with Gasteiger partial charge in [0.2, 0.25) is 0 Å². The van der Waals surface area contributed by atoms with Gasteiger partial charge in [-0.15, -0.1) is 24.0 Å². The molecule has 2 aromatic rings. The predicted molar refractivity (Wildman–Crippen MR) is 113 cm³/mol. The largest absolute Gasteiger partial charge is 0.497 e. The number of halogens is 2. The normalized spacial score (nSPS) is 12.1. The molecule has 0 fully saturated rings. The molecule has 0 heterocycles. The number of nitrogens with zero attached hydrogens (tertiary/aromatic N) is 1. The Labute approximate surface area is 170 Å². The molecule has 2 aromatic carbocycles. The van der Waals surface area contributed by atoms with Gasteiger partial charge in [0.1, 0.15) is 11.6 Å². The highest BCUT2D eigenvalue weighted by Gasteiger charge is 2.09. The maximum atomic E-state index is 13.2. The zero-order valence-corrected chi connectivity index (χ0v) is 17.2. The molecular weight excluding hydrogens is 448 g/mol. The first-order valence-electron chi connectivity index (χ1n) is 8.21. The molecule has 142 valence electrons. The second-order valence-electron chi connectivity index (χ2n) is 5.50. The van der Waals surface area contributed by atoms with Crippen LogP contribution in [0.15, 0.2) is 53.5 Å². The summed E-state index contributed by atoms with van der Waals surface area (Å²) in [4.78, 5) is 4.42. The van der Waals surface area contributed by atoms with Crippen LogP contribution in [-0.2, 0) is 6.54 Å². The van der Waals surface area contributed by atoms with Crippen molar-refractivity contribution in [2.45, 2.75) is 19.6 Å². The molecule has 0 saturated heterocycles. The molecule has 0 aliphatic rings. The summed E-state index contributed by atoms with van der Waals surface area (Å²) < 4.78 is 18.4. The van der Waals surface area contributed by atoms with Crippen LogP contribution < -0.4 is 15.4 Å². The minimum absolute atomic E-state index is 0. The summed E-state index contributed by atoms with van der Waals surface area (Å²) >= 11 is 0. The molecule has 0 aromatic heterocycles. The van der Waals surface area contributed by atoms with Gasteiger partial charge in [-0.25, -0.2) is 9.38 Å². The highest BCUT2D eigenvalue weighted by Crippen LogP contribution is 2.18. The van der Waals surface area contributed by atoms with E-state index in [9.17, 15) is 9.50 Å². The van der Waals surface area contributed by atoms with Gasteiger partial charge in [-0.05, 0) is 42.3 Å². The van der Waals surface area contributed by atoms with E-state index in [-0.39, 0.29) is 29.8 Å². The van der Waals surface area contributed by atoms with E-state index in [1.54, 1.807) is 19.2 Å². The Morgan fingerprint density at radius 3 is 2.65 bits per heavy atom. The number of aliphatic hydroxyl groups is 1. The monoisotopic (exact) mass is 473 g/mol. The van der Waals surface area contributed by atoms with Crippen molar-refractivity contribution in [3.63, 3.8) is 0 Å². The molecule has 1 unspecified atom stereocenters. The summed E-state index contributed by atoms with van der Waals surface area (Å²) in [6.45, 7) is 3.28. The van der Waals surface area contributed by atoms with Gasteiger partial charge in [0.05, 0.1) is 19.8 Å². The van der Waals surface area contributed by atoms with Crippen LogP contribution in [0.25, 0.3) is 0 Å². The van der Waals surface area contributed by atoms with Crippen molar-refractivity contribution in [2.75, 3.05) is 20.2 Å². The second-order valence-corrected chi connectivity index (χ2v) is 5.50. The number of rotatable bonds is 7. The summed E-state index contributed by atoms with van der Waals surface area (Å²) in [5.41, 5.74) is 1.54. The van der Waals surface area contributed by atoms with E-state index < -0.39 is 6.10 Å². The average Bonchev–Trinajstić information content (AvgIpc) is 2.64. The lowest BCUT2D eigenvalue weighted by Gasteiger charge is -2.16. The van der Waals surface area contributed by atoms with Crippen molar-refractivity contribution in [2.24, 2.45) is 4.99 Å². The van der Waals surface area contributed by atoms with E-state index in [4.69, 9.17) is 4.74 Å². The number of ether oxygens (including phenoxy) is 1. The fraction of sp³-hybridized carbons (Fsp3) is 0.316. The summed E-state index contributed by atoms with van der Waals surface area (Å²) in [6.07, 6.45) is -0.701. The second kappa shape index (κ2) is 11.7. The molecule has 0 bridgehead atoms. The Hall–Kier alpha value is -1.87. The average molecular weight is 473 g/mol. The zero-order chi connectivity index (χ0) is 18.1. The fourth-order valence-electron chi connectivity index (χ4n) is 2.31. The highest BCUT2D eigenvalue weighted by molar-refractivity contribution is 14.0. The van der Waals surface area contributed by atoms with E-state index in [2.05, 4.69) is 15.6 Å². The van der Waals surface area contributed by atoms with Crippen LogP contribution in [0, 0.1) is 5.82 Å². The van der Waals surface area contributed by atoms with Crippen molar-refractivity contribution < 1.29 is 14.2 Å². The molecule has 0 saturated carbocycles. The highest BCUT2D eigenvalue weighted by atomic mass is 127. The van der Waals surface area contributed by atoms with Gasteiger partial charge in [-0.1, -0.05) is 24.3 Å². The molecule has 1 atom stereocenters.